The van der Waals surface area contributed by atoms with E-state index in [4.69, 9.17) is 4.74 Å². The fourth-order valence-corrected chi connectivity index (χ4v) is 5.51. The van der Waals surface area contributed by atoms with Crippen LogP contribution in [0.5, 0.6) is 0 Å². The van der Waals surface area contributed by atoms with Crippen LogP contribution in [0.4, 0.5) is 4.79 Å². The van der Waals surface area contributed by atoms with E-state index in [1.165, 1.54) is 0 Å². The van der Waals surface area contributed by atoms with Crippen LogP contribution >= 0.6 is 0 Å². The second-order valence-corrected chi connectivity index (χ2v) is 10.9. The van der Waals surface area contributed by atoms with Crippen LogP contribution in [0.1, 0.15) is 56.7 Å². The Bertz CT molecular complexity index is 1290. The van der Waals surface area contributed by atoms with Crippen LogP contribution in [-0.4, -0.2) is 32.8 Å². The number of benzene rings is 2. The summed E-state index contributed by atoms with van der Waals surface area (Å²) in [5.74, 6) is 0.408. The topological polar surface area (TPSA) is 71.8 Å². The predicted molar refractivity (Wildman–Crippen MR) is 139 cm³/mol. The van der Waals surface area contributed by atoms with Crippen molar-refractivity contribution in [3.63, 3.8) is 0 Å². The molecule has 3 aromatic rings. The molecule has 1 aliphatic carbocycles. The average molecular weight is 487 g/mol. The molecular formula is C30H34N2O4. The van der Waals surface area contributed by atoms with Crippen molar-refractivity contribution in [2.75, 3.05) is 6.54 Å². The molecule has 1 N–H and O–H groups in total. The third kappa shape index (κ3) is 4.96. The lowest BCUT2D eigenvalue weighted by Gasteiger charge is -2.46. The van der Waals surface area contributed by atoms with Gasteiger partial charge in [0.05, 0.1) is 11.6 Å². The molecule has 5 rings (SSSR count). The second kappa shape index (κ2) is 9.25. The second-order valence-electron chi connectivity index (χ2n) is 10.9. The molecule has 1 amide bonds. The number of pyridine rings is 1. The first kappa shape index (κ1) is 24.3. The Morgan fingerprint density at radius 1 is 1.03 bits per heavy atom. The van der Waals surface area contributed by atoms with Crippen molar-refractivity contribution in [2.45, 2.75) is 56.8 Å². The van der Waals surface area contributed by atoms with Gasteiger partial charge in [-0.15, -0.1) is 0 Å². The summed E-state index contributed by atoms with van der Waals surface area (Å²) in [7, 11) is 1.74. The van der Waals surface area contributed by atoms with Gasteiger partial charge in [-0.05, 0) is 60.9 Å². The number of hydrogen-bond donors (Lipinski definition) is 1. The maximum atomic E-state index is 13.6. The van der Waals surface area contributed by atoms with Crippen LogP contribution < -0.4 is 5.56 Å². The lowest BCUT2D eigenvalue weighted by molar-refractivity contribution is -0.103. The molecule has 1 saturated heterocycles. The van der Waals surface area contributed by atoms with Gasteiger partial charge in [-0.2, -0.15) is 0 Å². The van der Waals surface area contributed by atoms with E-state index >= 15 is 0 Å². The first-order chi connectivity index (χ1) is 17.2. The van der Waals surface area contributed by atoms with E-state index in [0.29, 0.717) is 25.3 Å². The Morgan fingerprint density at radius 2 is 1.72 bits per heavy atom. The quantitative estimate of drug-likeness (QED) is 0.485. The summed E-state index contributed by atoms with van der Waals surface area (Å²) in [5.41, 5.74) is 1.96. The Balaban J connectivity index is 1.41. The lowest BCUT2D eigenvalue weighted by atomic mass is 9.80. The maximum absolute atomic E-state index is 13.6. The van der Waals surface area contributed by atoms with Gasteiger partial charge in [-0.25, -0.2) is 4.79 Å². The number of hydrogen-bond acceptors (Lipinski definition) is 4. The van der Waals surface area contributed by atoms with E-state index in [9.17, 15) is 14.7 Å². The van der Waals surface area contributed by atoms with Gasteiger partial charge >= 0.3 is 6.09 Å². The Labute approximate surface area is 212 Å². The van der Waals surface area contributed by atoms with Crippen molar-refractivity contribution in [3.8, 4) is 11.1 Å². The van der Waals surface area contributed by atoms with Crippen LogP contribution in [0, 0.1) is 5.92 Å². The summed E-state index contributed by atoms with van der Waals surface area (Å²) in [5, 5.41) is 10.7. The Kier molecular flexibility index (Phi) is 6.25. The lowest BCUT2D eigenvalue weighted by Crippen LogP contribution is -2.51. The van der Waals surface area contributed by atoms with Crippen LogP contribution in [0.15, 0.2) is 77.7 Å². The largest absolute Gasteiger partial charge is 0.438 e. The molecule has 2 fully saturated rings. The van der Waals surface area contributed by atoms with Gasteiger partial charge in [-0.3, -0.25) is 4.79 Å². The minimum atomic E-state index is -0.984. The van der Waals surface area contributed by atoms with Crippen LogP contribution in [0.3, 0.4) is 0 Å². The number of aryl methyl sites for hydroxylation is 1. The predicted octanol–water partition coefficient (Wildman–Crippen LogP) is 5.40. The third-order valence-corrected chi connectivity index (χ3v) is 7.39. The molecule has 2 atom stereocenters. The molecule has 188 valence electrons. The first-order valence-electron chi connectivity index (χ1n) is 12.7. The average Bonchev–Trinajstić information content (AvgIpc) is 3.68. The Hall–Kier alpha value is -3.38. The van der Waals surface area contributed by atoms with Gasteiger partial charge in [0, 0.05) is 38.7 Å². The smallest absolute Gasteiger partial charge is 0.411 e. The van der Waals surface area contributed by atoms with E-state index in [-0.39, 0.29) is 17.7 Å². The number of amides is 1. The summed E-state index contributed by atoms with van der Waals surface area (Å²) in [6.45, 7) is 4.07. The highest BCUT2D eigenvalue weighted by Gasteiger charge is 2.49. The standard InChI is InChI=1S/C30H34N2O4/c1-29(2,35)20-30(25-7-5-4-6-8-25)16-18-32(28(34)36-30)27(23-13-14-23)22-11-9-21(10-12-22)24-15-17-31(3)26(33)19-24/h4-12,15,17,19,23,27,35H,13-14,16,18,20H2,1-3H3/t27-,30-/m1/s1. The molecule has 0 bridgehead atoms. The zero-order valence-corrected chi connectivity index (χ0v) is 21.2. The molecule has 0 spiro atoms. The van der Waals surface area contributed by atoms with Gasteiger partial charge in [-0.1, -0.05) is 54.6 Å². The molecular weight excluding hydrogens is 452 g/mol. The molecule has 6 heteroatoms. The van der Waals surface area contributed by atoms with Gasteiger partial charge in [0.2, 0.25) is 0 Å². The zero-order valence-electron chi connectivity index (χ0n) is 21.2. The number of aromatic nitrogens is 1. The summed E-state index contributed by atoms with van der Waals surface area (Å²) < 4.78 is 7.79. The maximum Gasteiger partial charge on any atom is 0.411 e. The molecule has 2 aliphatic rings. The molecule has 0 radical (unpaired) electrons. The first-order valence-corrected chi connectivity index (χ1v) is 12.7. The van der Waals surface area contributed by atoms with Gasteiger partial charge < -0.3 is 19.3 Å². The van der Waals surface area contributed by atoms with Crippen LogP contribution in [0.25, 0.3) is 11.1 Å². The number of aliphatic hydroxyl groups is 1. The number of carbonyl (C=O) groups is 1. The molecule has 2 aromatic carbocycles. The molecule has 0 unspecified atom stereocenters. The van der Waals surface area contributed by atoms with E-state index in [0.717, 1.165) is 35.1 Å². The molecule has 1 aromatic heterocycles. The summed E-state index contributed by atoms with van der Waals surface area (Å²) in [4.78, 5) is 27.5. The van der Waals surface area contributed by atoms with E-state index in [1.54, 1.807) is 37.7 Å². The van der Waals surface area contributed by atoms with Crippen molar-refractivity contribution < 1.29 is 14.6 Å². The summed E-state index contributed by atoms with van der Waals surface area (Å²) >= 11 is 0. The zero-order chi connectivity index (χ0) is 25.5. The van der Waals surface area contributed by atoms with Gasteiger partial charge in [0.1, 0.15) is 5.60 Å². The van der Waals surface area contributed by atoms with E-state index in [2.05, 4.69) is 12.1 Å². The number of ether oxygens (including phenoxy) is 1. The van der Waals surface area contributed by atoms with Crippen LogP contribution in [0.2, 0.25) is 0 Å². The van der Waals surface area contributed by atoms with Crippen LogP contribution in [-0.2, 0) is 17.4 Å². The Morgan fingerprint density at radius 3 is 2.31 bits per heavy atom. The summed E-state index contributed by atoms with van der Waals surface area (Å²) in [6.07, 6.45) is 4.55. The third-order valence-electron chi connectivity index (χ3n) is 7.39. The van der Waals surface area contributed by atoms with Crippen molar-refractivity contribution in [2.24, 2.45) is 13.0 Å². The van der Waals surface area contributed by atoms with Gasteiger partial charge in [0.25, 0.3) is 5.56 Å². The normalized spacial score (nSPS) is 21.2. The van der Waals surface area contributed by atoms with Gasteiger partial charge in [0.15, 0.2) is 0 Å². The van der Waals surface area contributed by atoms with E-state index in [1.807, 2.05) is 53.4 Å². The highest BCUT2D eigenvalue weighted by molar-refractivity contribution is 5.71. The number of rotatable bonds is 7. The number of cyclic esters (lactones) is 1. The molecule has 6 nitrogen and oxygen atoms in total. The van der Waals surface area contributed by atoms with E-state index < -0.39 is 11.2 Å². The number of nitrogens with zero attached hydrogens (tertiary/aromatic N) is 2. The van der Waals surface area contributed by atoms with Crippen molar-refractivity contribution in [1.82, 2.24) is 9.47 Å². The highest BCUT2D eigenvalue weighted by Crippen LogP contribution is 2.48. The van der Waals surface area contributed by atoms with Crippen molar-refractivity contribution in [3.05, 3.63) is 94.4 Å². The fourth-order valence-electron chi connectivity index (χ4n) is 5.51. The monoisotopic (exact) mass is 486 g/mol. The fraction of sp³-hybridized carbons (Fsp3) is 0.400. The molecule has 1 aliphatic heterocycles. The highest BCUT2D eigenvalue weighted by atomic mass is 16.6. The molecule has 36 heavy (non-hydrogen) atoms. The SMILES string of the molecule is Cn1ccc(-c2ccc([C@H](C3CC3)N3CC[C@@](CC(C)(C)O)(c4ccccc4)OC3=O)cc2)cc1=O. The van der Waals surface area contributed by atoms with Crippen molar-refractivity contribution >= 4 is 6.09 Å². The summed E-state index contributed by atoms with van der Waals surface area (Å²) in [6, 6.07) is 21.5. The van der Waals surface area contributed by atoms with Crippen molar-refractivity contribution in [1.29, 1.82) is 0 Å². The molecule has 2 heterocycles. The minimum absolute atomic E-state index is 0.0450. The minimum Gasteiger partial charge on any atom is -0.438 e. The number of carbonyl (C=O) groups excluding carboxylic acids is 1. The molecule has 1 saturated carbocycles.